The Kier molecular flexibility index (Phi) is 4.75. The average Bonchev–Trinajstić information content (AvgIpc) is 2.62. The molecule has 0 radical (unpaired) electrons. The fourth-order valence-electron chi connectivity index (χ4n) is 3.41. The first-order valence-electron chi connectivity index (χ1n) is 9.33. The van der Waals surface area contributed by atoms with Gasteiger partial charge in [-0.25, -0.2) is 0 Å². The van der Waals surface area contributed by atoms with E-state index in [0.717, 1.165) is 5.69 Å². The molecule has 0 bridgehead atoms. The van der Waals surface area contributed by atoms with E-state index in [4.69, 9.17) is 0 Å². The molecule has 3 aromatic rings. The van der Waals surface area contributed by atoms with Crippen molar-refractivity contribution >= 4 is 0 Å². The zero-order valence-corrected chi connectivity index (χ0v) is 16.8. The van der Waals surface area contributed by atoms with Crippen LogP contribution in [0, 0.1) is 6.92 Å². The third kappa shape index (κ3) is 3.58. The van der Waals surface area contributed by atoms with E-state index < -0.39 is 0 Å². The number of hydrogen-bond acceptors (Lipinski definition) is 1. The molecular formula is C25H29N. The van der Waals surface area contributed by atoms with Crippen LogP contribution in [-0.2, 0) is 10.8 Å². The highest BCUT2D eigenvalue weighted by Crippen LogP contribution is 2.34. The molecule has 0 saturated heterocycles. The predicted molar refractivity (Wildman–Crippen MR) is 112 cm³/mol. The number of hydrogen-bond donors (Lipinski definition) is 0. The van der Waals surface area contributed by atoms with E-state index >= 15 is 0 Å². The summed E-state index contributed by atoms with van der Waals surface area (Å²) in [5, 5.41) is 0. The van der Waals surface area contributed by atoms with Crippen LogP contribution in [0.25, 0.3) is 11.3 Å². The fourth-order valence-corrected chi connectivity index (χ4v) is 3.41. The van der Waals surface area contributed by atoms with E-state index in [0.29, 0.717) is 0 Å². The van der Waals surface area contributed by atoms with Crippen LogP contribution in [0.2, 0.25) is 0 Å². The molecule has 3 rings (SSSR count). The molecule has 0 saturated carbocycles. The lowest BCUT2D eigenvalue weighted by atomic mass is 9.77. The Labute approximate surface area is 158 Å². The van der Waals surface area contributed by atoms with Crippen LogP contribution in [0.15, 0.2) is 66.9 Å². The summed E-state index contributed by atoms with van der Waals surface area (Å²) >= 11 is 0. The highest BCUT2D eigenvalue weighted by molar-refractivity contribution is 5.65. The molecule has 0 amide bonds. The number of aryl methyl sites for hydroxylation is 1. The van der Waals surface area contributed by atoms with Gasteiger partial charge in [-0.05, 0) is 46.7 Å². The first-order valence-corrected chi connectivity index (χ1v) is 9.33. The van der Waals surface area contributed by atoms with Crippen molar-refractivity contribution in [1.29, 1.82) is 0 Å². The van der Waals surface area contributed by atoms with Crippen LogP contribution in [0.4, 0.5) is 0 Å². The van der Waals surface area contributed by atoms with E-state index in [2.05, 4.69) is 107 Å². The lowest BCUT2D eigenvalue weighted by Gasteiger charge is -2.27. The van der Waals surface area contributed by atoms with Crippen molar-refractivity contribution in [3.05, 3.63) is 89.1 Å². The van der Waals surface area contributed by atoms with Gasteiger partial charge in [0.25, 0.3) is 0 Å². The van der Waals surface area contributed by atoms with Gasteiger partial charge in [0.05, 0.1) is 5.69 Å². The zero-order valence-electron chi connectivity index (χ0n) is 16.8. The summed E-state index contributed by atoms with van der Waals surface area (Å²) in [5.74, 6) is 0. The Morgan fingerprint density at radius 1 is 0.692 bits per heavy atom. The lowest BCUT2D eigenvalue weighted by molar-refractivity contribution is 0.589. The maximum atomic E-state index is 4.63. The number of aromatic nitrogens is 1. The standard InChI is InChI=1S/C25H29N/c1-18-16-21(25(5,6)19-10-8-7-9-11-19)12-13-22(18)23-17-20(14-15-26-23)24(2,3)4/h7-17H,1-6H3. The van der Waals surface area contributed by atoms with Crippen LogP contribution in [0.5, 0.6) is 0 Å². The zero-order chi connectivity index (χ0) is 18.9. The Hall–Kier alpha value is -2.41. The molecule has 0 atom stereocenters. The first kappa shape index (κ1) is 18.4. The first-order chi connectivity index (χ1) is 12.2. The van der Waals surface area contributed by atoms with E-state index in [1.807, 2.05) is 6.20 Å². The summed E-state index contributed by atoms with van der Waals surface area (Å²) < 4.78 is 0. The van der Waals surface area contributed by atoms with Crippen molar-refractivity contribution < 1.29 is 0 Å². The minimum Gasteiger partial charge on any atom is -0.256 e. The molecule has 0 N–H and O–H groups in total. The third-order valence-corrected chi connectivity index (χ3v) is 5.35. The SMILES string of the molecule is Cc1cc(C(C)(C)c2ccccc2)ccc1-c1cc(C(C)(C)C)ccn1. The van der Waals surface area contributed by atoms with Gasteiger partial charge in [0.15, 0.2) is 0 Å². The number of nitrogens with zero attached hydrogens (tertiary/aromatic N) is 1. The molecule has 2 aromatic carbocycles. The van der Waals surface area contributed by atoms with Crippen molar-refractivity contribution in [2.75, 3.05) is 0 Å². The molecule has 0 unspecified atom stereocenters. The molecule has 0 fully saturated rings. The van der Waals surface area contributed by atoms with E-state index in [-0.39, 0.29) is 10.8 Å². The molecule has 0 spiro atoms. The molecule has 0 aliphatic rings. The summed E-state index contributed by atoms with van der Waals surface area (Å²) in [5.41, 5.74) is 7.62. The van der Waals surface area contributed by atoms with Crippen molar-refractivity contribution in [2.24, 2.45) is 0 Å². The largest absolute Gasteiger partial charge is 0.256 e. The molecule has 1 heteroatoms. The van der Waals surface area contributed by atoms with Gasteiger partial charge in [-0.15, -0.1) is 0 Å². The second-order valence-corrected chi connectivity index (χ2v) is 8.70. The van der Waals surface area contributed by atoms with Crippen LogP contribution in [0.3, 0.4) is 0 Å². The number of benzene rings is 2. The van der Waals surface area contributed by atoms with E-state index in [9.17, 15) is 0 Å². The molecule has 26 heavy (non-hydrogen) atoms. The molecule has 134 valence electrons. The van der Waals surface area contributed by atoms with Crippen molar-refractivity contribution in [2.45, 2.75) is 52.4 Å². The minimum absolute atomic E-state index is 0.0226. The second kappa shape index (κ2) is 6.72. The summed E-state index contributed by atoms with van der Waals surface area (Å²) in [6.07, 6.45) is 1.93. The monoisotopic (exact) mass is 343 g/mol. The minimum atomic E-state index is -0.0226. The van der Waals surface area contributed by atoms with Crippen LogP contribution >= 0.6 is 0 Å². The Balaban J connectivity index is 2.01. The third-order valence-electron chi connectivity index (χ3n) is 5.35. The van der Waals surface area contributed by atoms with Gasteiger partial charge >= 0.3 is 0 Å². The Morgan fingerprint density at radius 3 is 2.00 bits per heavy atom. The molecule has 0 aliphatic carbocycles. The van der Waals surface area contributed by atoms with Crippen molar-refractivity contribution in [1.82, 2.24) is 4.98 Å². The molecular weight excluding hydrogens is 314 g/mol. The van der Waals surface area contributed by atoms with Gasteiger partial charge in [0.1, 0.15) is 0 Å². The van der Waals surface area contributed by atoms with Crippen LogP contribution < -0.4 is 0 Å². The number of rotatable bonds is 3. The van der Waals surface area contributed by atoms with Crippen molar-refractivity contribution in [3.8, 4) is 11.3 Å². The van der Waals surface area contributed by atoms with Gasteiger partial charge in [0, 0.05) is 17.2 Å². The predicted octanol–water partition coefficient (Wildman–Crippen LogP) is 6.68. The highest BCUT2D eigenvalue weighted by atomic mass is 14.7. The van der Waals surface area contributed by atoms with Gasteiger partial charge in [-0.3, -0.25) is 4.98 Å². The molecule has 1 nitrogen and oxygen atoms in total. The maximum absolute atomic E-state index is 4.63. The fraction of sp³-hybridized carbons (Fsp3) is 0.320. The van der Waals surface area contributed by atoms with Crippen LogP contribution in [0.1, 0.15) is 56.9 Å². The smallest absolute Gasteiger partial charge is 0.0707 e. The van der Waals surface area contributed by atoms with Crippen molar-refractivity contribution in [3.63, 3.8) is 0 Å². The summed E-state index contributed by atoms with van der Waals surface area (Å²) in [4.78, 5) is 4.63. The van der Waals surface area contributed by atoms with Gasteiger partial charge in [-0.2, -0.15) is 0 Å². The average molecular weight is 344 g/mol. The van der Waals surface area contributed by atoms with Crippen LogP contribution in [-0.4, -0.2) is 4.98 Å². The Morgan fingerprint density at radius 2 is 1.38 bits per heavy atom. The van der Waals surface area contributed by atoms with E-state index in [1.54, 1.807) is 0 Å². The summed E-state index contributed by atoms with van der Waals surface area (Å²) in [7, 11) is 0. The summed E-state index contributed by atoms with van der Waals surface area (Å²) in [6.45, 7) is 13.5. The molecule has 0 aliphatic heterocycles. The van der Waals surface area contributed by atoms with Gasteiger partial charge in [-0.1, -0.05) is 83.1 Å². The molecule has 1 aromatic heterocycles. The lowest BCUT2D eigenvalue weighted by Crippen LogP contribution is -2.19. The summed E-state index contributed by atoms with van der Waals surface area (Å²) in [6, 6.07) is 21.8. The second-order valence-electron chi connectivity index (χ2n) is 8.70. The Bertz CT molecular complexity index is 899. The molecule has 1 heterocycles. The quantitative estimate of drug-likeness (QED) is 0.517. The maximum Gasteiger partial charge on any atom is 0.0707 e. The number of pyridine rings is 1. The van der Waals surface area contributed by atoms with Gasteiger partial charge < -0.3 is 0 Å². The van der Waals surface area contributed by atoms with Gasteiger partial charge in [0.2, 0.25) is 0 Å². The van der Waals surface area contributed by atoms with E-state index in [1.165, 1.54) is 27.8 Å². The topological polar surface area (TPSA) is 12.9 Å². The highest BCUT2D eigenvalue weighted by Gasteiger charge is 2.23. The normalized spacial score (nSPS) is 12.2.